The van der Waals surface area contributed by atoms with Crippen molar-refractivity contribution >= 4 is 17.8 Å². The number of hydrogen-bond donors (Lipinski definition) is 2. The molecule has 11 heavy (non-hydrogen) atoms. The van der Waals surface area contributed by atoms with Crippen molar-refractivity contribution in [1.29, 1.82) is 0 Å². The molecule has 2 fully saturated rings. The van der Waals surface area contributed by atoms with Crippen LogP contribution in [0, 0.1) is 0 Å². The largest absolute Gasteiger partial charge is 0.332 e. The molecule has 0 aromatic rings. The van der Waals surface area contributed by atoms with E-state index in [2.05, 4.69) is 24.5 Å². The van der Waals surface area contributed by atoms with E-state index in [-0.39, 0.29) is 11.6 Å². The molecule has 2 aliphatic rings. The molecular weight excluding hydrogens is 160 g/mol. The Bertz CT molecular complexity index is 209. The lowest BCUT2D eigenvalue weighted by Crippen LogP contribution is -2.47. The molecule has 2 saturated heterocycles. The fraction of sp³-hybridized carbons (Fsp3) is 0.857. The predicted molar refractivity (Wildman–Crippen MR) is 45.8 cm³/mol. The van der Waals surface area contributed by atoms with E-state index in [0.717, 1.165) is 5.75 Å². The average Bonchev–Trinajstić information content (AvgIpc) is 2.32. The third-order valence-electron chi connectivity index (χ3n) is 2.49. The Morgan fingerprint density at radius 1 is 1.73 bits per heavy atom. The maximum atomic E-state index is 11.0. The normalized spacial score (nSPS) is 48.4. The SMILES string of the molecule is C[C@@H]1SCC2(C)NC(=O)NC12. The first kappa shape index (κ1) is 7.28. The zero-order valence-corrected chi connectivity index (χ0v) is 7.49. The van der Waals surface area contributed by atoms with Gasteiger partial charge in [-0.15, -0.1) is 0 Å². The number of carbonyl (C=O) groups excluding carboxylic acids is 1. The van der Waals surface area contributed by atoms with E-state index in [1.165, 1.54) is 0 Å². The number of nitrogens with one attached hydrogen (secondary N) is 2. The standard InChI is InChI=1S/C7H12N2OS/c1-4-5-7(2,3-11-4)9-6(10)8-5/h4-5H,3H2,1-2H3,(H2,8,9,10)/t4-,5?,7?/m0/s1. The summed E-state index contributed by atoms with van der Waals surface area (Å²) in [7, 11) is 0. The van der Waals surface area contributed by atoms with E-state index in [0.29, 0.717) is 11.3 Å². The van der Waals surface area contributed by atoms with Gasteiger partial charge < -0.3 is 10.6 Å². The van der Waals surface area contributed by atoms with Crippen LogP contribution in [-0.4, -0.2) is 28.6 Å². The van der Waals surface area contributed by atoms with Crippen LogP contribution in [0.4, 0.5) is 4.79 Å². The van der Waals surface area contributed by atoms with Crippen molar-refractivity contribution in [3.8, 4) is 0 Å². The average molecular weight is 172 g/mol. The van der Waals surface area contributed by atoms with Gasteiger partial charge in [0.2, 0.25) is 0 Å². The second-order valence-corrected chi connectivity index (χ2v) is 4.88. The van der Waals surface area contributed by atoms with Crippen LogP contribution >= 0.6 is 11.8 Å². The minimum absolute atomic E-state index is 0.00116. The van der Waals surface area contributed by atoms with Gasteiger partial charge in [0.25, 0.3) is 0 Å². The predicted octanol–water partition coefficient (Wildman–Crippen LogP) is 0.562. The van der Waals surface area contributed by atoms with Crippen LogP contribution in [0.2, 0.25) is 0 Å². The van der Waals surface area contributed by atoms with E-state index in [4.69, 9.17) is 0 Å². The smallest absolute Gasteiger partial charge is 0.315 e. The van der Waals surface area contributed by atoms with E-state index in [1.807, 2.05) is 11.8 Å². The van der Waals surface area contributed by atoms with Crippen LogP contribution in [0.1, 0.15) is 13.8 Å². The van der Waals surface area contributed by atoms with Crippen LogP contribution < -0.4 is 10.6 Å². The molecule has 0 aromatic carbocycles. The van der Waals surface area contributed by atoms with E-state index in [9.17, 15) is 4.79 Å². The molecule has 0 aromatic heterocycles. The van der Waals surface area contributed by atoms with Crippen LogP contribution in [0.5, 0.6) is 0 Å². The van der Waals surface area contributed by atoms with E-state index in [1.54, 1.807) is 0 Å². The molecule has 2 amide bonds. The number of amides is 2. The van der Waals surface area contributed by atoms with Gasteiger partial charge in [-0.2, -0.15) is 11.8 Å². The Labute approximate surface area is 70.3 Å². The Morgan fingerprint density at radius 3 is 3.09 bits per heavy atom. The molecule has 0 aliphatic carbocycles. The second kappa shape index (κ2) is 2.06. The van der Waals surface area contributed by atoms with Gasteiger partial charge in [0.1, 0.15) is 0 Å². The van der Waals surface area contributed by atoms with Crippen molar-refractivity contribution in [1.82, 2.24) is 10.6 Å². The van der Waals surface area contributed by atoms with Crippen molar-refractivity contribution < 1.29 is 4.79 Å². The molecule has 4 heteroatoms. The summed E-state index contributed by atoms with van der Waals surface area (Å²) in [5.41, 5.74) is 0.00116. The summed E-state index contributed by atoms with van der Waals surface area (Å²) in [6.07, 6.45) is 0. The molecule has 2 rings (SSSR count). The number of carbonyl (C=O) groups is 1. The van der Waals surface area contributed by atoms with Gasteiger partial charge in [-0.1, -0.05) is 6.92 Å². The number of thioether (sulfide) groups is 1. The van der Waals surface area contributed by atoms with Gasteiger partial charge in [-0.05, 0) is 6.92 Å². The lowest BCUT2D eigenvalue weighted by Gasteiger charge is -2.21. The summed E-state index contributed by atoms with van der Waals surface area (Å²) in [4.78, 5) is 11.0. The highest BCUT2D eigenvalue weighted by molar-refractivity contribution is 8.00. The molecule has 62 valence electrons. The number of urea groups is 1. The summed E-state index contributed by atoms with van der Waals surface area (Å²) >= 11 is 1.91. The van der Waals surface area contributed by atoms with Gasteiger partial charge in [-0.3, -0.25) is 0 Å². The van der Waals surface area contributed by atoms with E-state index >= 15 is 0 Å². The summed E-state index contributed by atoms with van der Waals surface area (Å²) < 4.78 is 0. The molecule has 3 nitrogen and oxygen atoms in total. The quantitative estimate of drug-likeness (QED) is 0.524. The topological polar surface area (TPSA) is 41.1 Å². The maximum absolute atomic E-state index is 11.0. The second-order valence-electron chi connectivity index (χ2n) is 3.51. The molecule has 2 heterocycles. The van der Waals surface area contributed by atoms with Gasteiger partial charge in [0.05, 0.1) is 11.6 Å². The molecule has 2 unspecified atom stereocenters. The molecule has 0 bridgehead atoms. The van der Waals surface area contributed by atoms with Crippen molar-refractivity contribution in [2.45, 2.75) is 30.7 Å². The molecule has 0 radical (unpaired) electrons. The number of fused-ring (bicyclic) bond motifs is 1. The first-order valence-corrected chi connectivity index (χ1v) is 4.87. The van der Waals surface area contributed by atoms with Crippen molar-refractivity contribution in [3.63, 3.8) is 0 Å². The molecule has 0 saturated carbocycles. The third kappa shape index (κ3) is 0.922. The van der Waals surface area contributed by atoms with Gasteiger partial charge in [0.15, 0.2) is 0 Å². The minimum atomic E-state index is -0.00958. The van der Waals surface area contributed by atoms with Gasteiger partial charge >= 0.3 is 6.03 Å². The Kier molecular flexibility index (Phi) is 1.36. The lowest BCUT2D eigenvalue weighted by atomic mass is 9.95. The minimum Gasteiger partial charge on any atom is -0.332 e. The summed E-state index contributed by atoms with van der Waals surface area (Å²) in [5, 5.41) is 6.43. The van der Waals surface area contributed by atoms with Crippen molar-refractivity contribution in [2.75, 3.05) is 5.75 Å². The van der Waals surface area contributed by atoms with Crippen molar-refractivity contribution in [3.05, 3.63) is 0 Å². The van der Waals surface area contributed by atoms with Crippen LogP contribution in [0.15, 0.2) is 0 Å². The lowest BCUT2D eigenvalue weighted by molar-refractivity contribution is 0.246. The number of rotatable bonds is 0. The van der Waals surface area contributed by atoms with Gasteiger partial charge in [-0.25, -0.2) is 4.79 Å². The first-order valence-electron chi connectivity index (χ1n) is 3.82. The summed E-state index contributed by atoms with van der Waals surface area (Å²) in [5.74, 6) is 1.03. The van der Waals surface area contributed by atoms with Crippen LogP contribution in [0.3, 0.4) is 0 Å². The summed E-state index contributed by atoms with van der Waals surface area (Å²) in [6.45, 7) is 4.26. The molecule has 0 spiro atoms. The van der Waals surface area contributed by atoms with Crippen molar-refractivity contribution in [2.24, 2.45) is 0 Å². The van der Waals surface area contributed by atoms with Gasteiger partial charge in [0, 0.05) is 11.0 Å². The molecule has 2 aliphatic heterocycles. The molecule has 2 N–H and O–H groups in total. The molecule has 3 atom stereocenters. The molecular formula is C7H12N2OS. The number of hydrogen-bond acceptors (Lipinski definition) is 2. The zero-order valence-electron chi connectivity index (χ0n) is 6.68. The Hall–Kier alpha value is -0.380. The highest BCUT2D eigenvalue weighted by Gasteiger charge is 2.50. The fourth-order valence-corrected chi connectivity index (χ4v) is 3.26. The zero-order chi connectivity index (χ0) is 8.06. The Balaban J connectivity index is 2.24. The highest BCUT2D eigenvalue weighted by Crippen LogP contribution is 2.36. The van der Waals surface area contributed by atoms with E-state index < -0.39 is 0 Å². The fourth-order valence-electron chi connectivity index (χ4n) is 1.84. The first-order chi connectivity index (χ1) is 5.12. The summed E-state index contributed by atoms with van der Waals surface area (Å²) in [6, 6.07) is 0.310. The van der Waals surface area contributed by atoms with Crippen LogP contribution in [0.25, 0.3) is 0 Å². The maximum Gasteiger partial charge on any atom is 0.315 e. The highest BCUT2D eigenvalue weighted by atomic mass is 32.2. The third-order valence-corrected chi connectivity index (χ3v) is 4.05. The Morgan fingerprint density at radius 2 is 2.45 bits per heavy atom. The monoisotopic (exact) mass is 172 g/mol. The van der Waals surface area contributed by atoms with Crippen LogP contribution in [-0.2, 0) is 0 Å².